The molecule has 2 fully saturated rings. The first-order valence-electron chi connectivity index (χ1n) is 8.63. The molecule has 3 unspecified atom stereocenters. The van der Waals surface area contributed by atoms with Crippen molar-refractivity contribution in [3.63, 3.8) is 0 Å². The molecule has 1 heterocycles. The molecule has 3 N–H and O–H groups in total. The van der Waals surface area contributed by atoms with Crippen LogP contribution in [0.4, 0.5) is 5.69 Å². The summed E-state index contributed by atoms with van der Waals surface area (Å²) in [6, 6.07) is 9.12. The lowest BCUT2D eigenvalue weighted by Gasteiger charge is -2.33. The molecule has 2 aliphatic rings. The van der Waals surface area contributed by atoms with Gasteiger partial charge in [0.15, 0.2) is 0 Å². The number of amides is 1. The molecule has 3 atom stereocenters. The van der Waals surface area contributed by atoms with E-state index in [4.69, 9.17) is 4.74 Å². The maximum absolute atomic E-state index is 11.0. The average molecular weight is 354 g/mol. The summed E-state index contributed by atoms with van der Waals surface area (Å²) < 4.78 is 5.63. The fraction of sp³-hybridized carbons (Fsp3) is 0.611. The third kappa shape index (κ3) is 5.18. The standard InChI is InChI=1S/C18H27N3O2.ClH/c1-13(22)21-15-7-5-14(6-8-15)11-20-17-4-2-3-16(17)18-12-23-10-9-19-18;/h5-8,16-20H,2-4,9-12H2,1H3,(H,21,22);1H. The van der Waals surface area contributed by atoms with Crippen molar-refractivity contribution in [1.82, 2.24) is 10.6 Å². The zero-order chi connectivity index (χ0) is 16.1. The van der Waals surface area contributed by atoms with E-state index in [1.807, 2.05) is 12.1 Å². The first kappa shape index (κ1) is 19.2. The minimum atomic E-state index is -0.0353. The number of halogens is 1. The summed E-state index contributed by atoms with van der Waals surface area (Å²) in [5, 5.41) is 10.1. The number of morpholine rings is 1. The lowest BCUT2D eigenvalue weighted by Crippen LogP contribution is -2.50. The van der Waals surface area contributed by atoms with Gasteiger partial charge in [-0.15, -0.1) is 12.4 Å². The van der Waals surface area contributed by atoms with Crippen molar-refractivity contribution in [3.05, 3.63) is 29.8 Å². The number of hydrogen-bond donors (Lipinski definition) is 3. The van der Waals surface area contributed by atoms with Gasteiger partial charge in [0.05, 0.1) is 13.2 Å². The van der Waals surface area contributed by atoms with Crippen molar-refractivity contribution in [3.8, 4) is 0 Å². The number of rotatable bonds is 5. The predicted molar refractivity (Wildman–Crippen MR) is 98.6 cm³/mol. The van der Waals surface area contributed by atoms with Gasteiger partial charge in [-0.2, -0.15) is 0 Å². The zero-order valence-electron chi connectivity index (χ0n) is 14.2. The Kier molecular flexibility index (Phi) is 7.49. The fourth-order valence-electron chi connectivity index (χ4n) is 3.74. The van der Waals surface area contributed by atoms with Crippen molar-refractivity contribution < 1.29 is 9.53 Å². The number of anilines is 1. The summed E-state index contributed by atoms with van der Waals surface area (Å²) in [5.41, 5.74) is 2.10. The molecule has 6 heteroatoms. The fourth-order valence-corrected chi connectivity index (χ4v) is 3.74. The van der Waals surface area contributed by atoms with E-state index in [9.17, 15) is 4.79 Å². The molecule has 0 radical (unpaired) electrons. The van der Waals surface area contributed by atoms with Gasteiger partial charge < -0.3 is 20.7 Å². The summed E-state index contributed by atoms with van der Waals surface area (Å²) in [4.78, 5) is 11.0. The molecule has 1 aliphatic heterocycles. The van der Waals surface area contributed by atoms with E-state index in [2.05, 4.69) is 28.1 Å². The highest BCUT2D eigenvalue weighted by Gasteiger charge is 2.34. The molecule has 1 saturated carbocycles. The van der Waals surface area contributed by atoms with Gasteiger partial charge in [-0.25, -0.2) is 0 Å². The maximum Gasteiger partial charge on any atom is 0.221 e. The van der Waals surface area contributed by atoms with Gasteiger partial charge in [-0.3, -0.25) is 4.79 Å². The van der Waals surface area contributed by atoms with Crippen molar-refractivity contribution in [2.75, 3.05) is 25.1 Å². The summed E-state index contributed by atoms with van der Waals surface area (Å²) in [6.45, 7) is 5.04. The third-order valence-electron chi connectivity index (χ3n) is 4.88. The molecular formula is C18H28ClN3O2. The van der Waals surface area contributed by atoms with E-state index < -0.39 is 0 Å². The molecule has 1 aliphatic carbocycles. The Morgan fingerprint density at radius 1 is 1.29 bits per heavy atom. The van der Waals surface area contributed by atoms with Crippen molar-refractivity contribution in [2.24, 2.45) is 5.92 Å². The van der Waals surface area contributed by atoms with Gasteiger partial charge in [0.25, 0.3) is 0 Å². The number of ether oxygens (including phenoxy) is 1. The SMILES string of the molecule is CC(=O)Nc1ccc(CNC2CCCC2C2COCCN2)cc1.Cl. The Balaban J connectivity index is 0.00000208. The Morgan fingerprint density at radius 2 is 2.08 bits per heavy atom. The van der Waals surface area contributed by atoms with Crippen LogP contribution in [-0.4, -0.2) is 37.7 Å². The Hall–Kier alpha value is -1.14. The molecule has 0 bridgehead atoms. The van der Waals surface area contributed by atoms with Crippen LogP contribution in [0.2, 0.25) is 0 Å². The van der Waals surface area contributed by atoms with Gasteiger partial charge in [-0.1, -0.05) is 18.6 Å². The van der Waals surface area contributed by atoms with E-state index in [-0.39, 0.29) is 18.3 Å². The van der Waals surface area contributed by atoms with Gasteiger partial charge in [0.2, 0.25) is 5.91 Å². The molecule has 0 spiro atoms. The maximum atomic E-state index is 11.0. The number of nitrogens with one attached hydrogen (secondary N) is 3. The second-order valence-corrected chi connectivity index (χ2v) is 6.60. The highest BCUT2D eigenvalue weighted by Crippen LogP contribution is 2.29. The Bertz CT molecular complexity index is 518. The first-order valence-corrected chi connectivity index (χ1v) is 8.63. The van der Waals surface area contributed by atoms with Crippen LogP contribution in [0, 0.1) is 5.92 Å². The largest absolute Gasteiger partial charge is 0.379 e. The molecule has 134 valence electrons. The Morgan fingerprint density at radius 3 is 2.75 bits per heavy atom. The number of carbonyl (C=O) groups excluding carboxylic acids is 1. The zero-order valence-corrected chi connectivity index (χ0v) is 15.0. The monoisotopic (exact) mass is 353 g/mol. The topological polar surface area (TPSA) is 62.4 Å². The van der Waals surface area contributed by atoms with Crippen molar-refractivity contribution >= 4 is 24.0 Å². The highest BCUT2D eigenvalue weighted by molar-refractivity contribution is 5.88. The number of carbonyl (C=O) groups is 1. The van der Waals surface area contributed by atoms with Gasteiger partial charge >= 0.3 is 0 Å². The summed E-state index contributed by atoms with van der Waals surface area (Å²) in [7, 11) is 0. The first-order chi connectivity index (χ1) is 11.2. The molecule has 24 heavy (non-hydrogen) atoms. The van der Waals surface area contributed by atoms with Crippen LogP contribution in [0.5, 0.6) is 0 Å². The van der Waals surface area contributed by atoms with Crippen LogP contribution < -0.4 is 16.0 Å². The Labute approximate surface area is 150 Å². The van der Waals surface area contributed by atoms with Crippen molar-refractivity contribution in [2.45, 2.75) is 44.8 Å². The molecule has 3 rings (SSSR count). The minimum Gasteiger partial charge on any atom is -0.379 e. The van der Waals surface area contributed by atoms with Gasteiger partial charge in [0.1, 0.15) is 0 Å². The van der Waals surface area contributed by atoms with Crippen LogP contribution in [0.3, 0.4) is 0 Å². The molecule has 1 aromatic carbocycles. The number of benzene rings is 1. The smallest absolute Gasteiger partial charge is 0.221 e. The molecule has 0 aromatic heterocycles. The van der Waals surface area contributed by atoms with Gasteiger partial charge in [0, 0.05) is 37.8 Å². The highest BCUT2D eigenvalue weighted by atomic mass is 35.5. The summed E-state index contributed by atoms with van der Waals surface area (Å²) >= 11 is 0. The van der Waals surface area contributed by atoms with E-state index in [0.717, 1.165) is 32.0 Å². The second kappa shape index (κ2) is 9.37. The molecular weight excluding hydrogens is 326 g/mol. The summed E-state index contributed by atoms with van der Waals surface area (Å²) in [5.74, 6) is 0.626. The van der Waals surface area contributed by atoms with Crippen LogP contribution in [0.15, 0.2) is 24.3 Å². The average Bonchev–Trinajstić information content (AvgIpc) is 3.03. The number of hydrogen-bond acceptors (Lipinski definition) is 4. The molecule has 1 saturated heterocycles. The van der Waals surface area contributed by atoms with E-state index in [1.165, 1.54) is 31.7 Å². The van der Waals surface area contributed by atoms with E-state index in [1.54, 1.807) is 0 Å². The van der Waals surface area contributed by atoms with Crippen LogP contribution in [0.1, 0.15) is 31.7 Å². The predicted octanol–water partition coefficient (Wildman–Crippen LogP) is 2.31. The lowest BCUT2D eigenvalue weighted by atomic mass is 9.94. The molecule has 1 amide bonds. The van der Waals surface area contributed by atoms with E-state index >= 15 is 0 Å². The summed E-state index contributed by atoms with van der Waals surface area (Å²) in [6.07, 6.45) is 3.81. The lowest BCUT2D eigenvalue weighted by molar-refractivity contribution is -0.114. The third-order valence-corrected chi connectivity index (χ3v) is 4.88. The minimum absolute atomic E-state index is 0. The molecule has 1 aromatic rings. The normalized spacial score (nSPS) is 26.6. The van der Waals surface area contributed by atoms with Crippen LogP contribution in [-0.2, 0) is 16.1 Å². The van der Waals surface area contributed by atoms with Crippen LogP contribution >= 0.6 is 12.4 Å². The van der Waals surface area contributed by atoms with Crippen molar-refractivity contribution in [1.29, 1.82) is 0 Å². The molecule has 5 nitrogen and oxygen atoms in total. The van der Waals surface area contributed by atoms with E-state index in [0.29, 0.717) is 18.0 Å². The van der Waals surface area contributed by atoms with Gasteiger partial charge in [-0.05, 0) is 36.5 Å². The quantitative estimate of drug-likeness (QED) is 0.760. The second-order valence-electron chi connectivity index (χ2n) is 6.60. The van der Waals surface area contributed by atoms with Crippen LogP contribution in [0.25, 0.3) is 0 Å².